The molecule has 3 N–H and O–H groups in total. The monoisotopic (exact) mass is 253 g/mol. The lowest BCUT2D eigenvalue weighted by Gasteiger charge is -2.22. The van der Waals surface area contributed by atoms with Crippen LogP contribution >= 0.6 is 0 Å². The van der Waals surface area contributed by atoms with Crippen LogP contribution in [0.1, 0.15) is 38.8 Å². The quantitative estimate of drug-likeness (QED) is 0.727. The van der Waals surface area contributed by atoms with Crippen molar-refractivity contribution in [1.82, 2.24) is 5.32 Å². The number of hydrogen-bond acceptors (Lipinski definition) is 4. The molecule has 3 unspecified atom stereocenters. The summed E-state index contributed by atoms with van der Waals surface area (Å²) in [6.07, 6.45) is 0.352. The maximum absolute atomic E-state index is 9.92. The van der Waals surface area contributed by atoms with Crippen molar-refractivity contribution in [1.29, 1.82) is 0 Å². The fourth-order valence-corrected chi connectivity index (χ4v) is 2.11. The number of aliphatic hydroxyl groups excluding tert-OH is 1. The first-order chi connectivity index (χ1) is 8.43. The van der Waals surface area contributed by atoms with Gasteiger partial charge in [-0.25, -0.2) is 0 Å². The third kappa shape index (κ3) is 4.20. The second-order valence-corrected chi connectivity index (χ2v) is 4.80. The summed E-state index contributed by atoms with van der Waals surface area (Å²) in [4.78, 5) is 0. The van der Waals surface area contributed by atoms with E-state index in [-0.39, 0.29) is 23.9 Å². The van der Waals surface area contributed by atoms with Gasteiger partial charge in [0.05, 0.1) is 13.2 Å². The largest absolute Gasteiger partial charge is 0.507 e. The van der Waals surface area contributed by atoms with Crippen LogP contribution in [0.15, 0.2) is 18.2 Å². The van der Waals surface area contributed by atoms with E-state index < -0.39 is 0 Å². The summed E-state index contributed by atoms with van der Waals surface area (Å²) < 4.78 is 5.05. The number of aromatic hydroxyl groups is 1. The molecule has 0 spiro atoms. The van der Waals surface area contributed by atoms with Crippen LogP contribution in [-0.2, 0) is 0 Å². The van der Waals surface area contributed by atoms with Crippen LogP contribution in [0.3, 0.4) is 0 Å². The lowest BCUT2D eigenvalue weighted by molar-refractivity contribution is 0.168. The number of methoxy groups -OCH3 is 1. The second kappa shape index (κ2) is 6.61. The minimum Gasteiger partial charge on any atom is -0.507 e. The molecular formula is C14H23NO3. The lowest BCUT2D eigenvalue weighted by Crippen LogP contribution is -2.31. The molecule has 18 heavy (non-hydrogen) atoms. The third-order valence-corrected chi connectivity index (χ3v) is 2.93. The zero-order valence-electron chi connectivity index (χ0n) is 11.5. The first-order valence-electron chi connectivity index (χ1n) is 6.25. The number of phenols is 1. The molecule has 0 saturated carbocycles. The Bertz CT molecular complexity index is 379. The van der Waals surface area contributed by atoms with E-state index in [1.165, 1.54) is 0 Å². The Labute approximate surface area is 109 Å². The summed E-state index contributed by atoms with van der Waals surface area (Å²) in [6, 6.07) is 5.48. The Morgan fingerprint density at radius 1 is 1.28 bits per heavy atom. The van der Waals surface area contributed by atoms with Crippen LogP contribution in [-0.4, -0.2) is 29.5 Å². The topological polar surface area (TPSA) is 61.7 Å². The van der Waals surface area contributed by atoms with Gasteiger partial charge in [-0.1, -0.05) is 6.07 Å². The maximum Gasteiger partial charge on any atom is 0.124 e. The fourth-order valence-electron chi connectivity index (χ4n) is 2.11. The Kier molecular flexibility index (Phi) is 5.44. The van der Waals surface area contributed by atoms with Crippen LogP contribution in [0, 0.1) is 0 Å². The van der Waals surface area contributed by atoms with Gasteiger partial charge in [-0.15, -0.1) is 0 Å². The zero-order valence-corrected chi connectivity index (χ0v) is 11.5. The minimum absolute atomic E-state index is 0.0182. The van der Waals surface area contributed by atoms with E-state index in [4.69, 9.17) is 4.74 Å². The van der Waals surface area contributed by atoms with Crippen LogP contribution in [0.2, 0.25) is 0 Å². The number of benzene rings is 1. The average Bonchev–Trinajstić information content (AvgIpc) is 2.27. The van der Waals surface area contributed by atoms with Gasteiger partial charge in [0, 0.05) is 23.7 Å². The van der Waals surface area contributed by atoms with Crippen molar-refractivity contribution in [3.63, 3.8) is 0 Å². The van der Waals surface area contributed by atoms with Gasteiger partial charge in [0.15, 0.2) is 0 Å². The van der Waals surface area contributed by atoms with Gasteiger partial charge in [0.25, 0.3) is 0 Å². The molecule has 0 aliphatic rings. The molecule has 0 bridgehead atoms. The fraction of sp³-hybridized carbons (Fsp3) is 0.571. The van der Waals surface area contributed by atoms with Crippen molar-refractivity contribution in [3.8, 4) is 11.5 Å². The van der Waals surface area contributed by atoms with Crippen LogP contribution < -0.4 is 10.1 Å². The molecule has 4 heteroatoms. The number of aliphatic hydroxyl groups is 1. The molecule has 0 saturated heterocycles. The summed E-state index contributed by atoms with van der Waals surface area (Å²) in [5, 5.41) is 22.6. The predicted molar refractivity (Wildman–Crippen MR) is 72.0 cm³/mol. The van der Waals surface area contributed by atoms with E-state index in [0.717, 1.165) is 5.56 Å². The average molecular weight is 253 g/mol. The molecule has 0 aliphatic carbocycles. The van der Waals surface area contributed by atoms with E-state index in [2.05, 4.69) is 5.32 Å². The van der Waals surface area contributed by atoms with Gasteiger partial charge in [0.2, 0.25) is 0 Å². The number of phenolic OH excluding ortho intramolecular Hbond substituents is 1. The molecule has 0 aliphatic heterocycles. The Balaban J connectivity index is 2.69. The Morgan fingerprint density at radius 2 is 1.94 bits per heavy atom. The predicted octanol–water partition coefficient (Wildman–Crippen LogP) is 2.21. The molecule has 0 aromatic heterocycles. The summed E-state index contributed by atoms with van der Waals surface area (Å²) in [7, 11) is 1.57. The van der Waals surface area contributed by atoms with E-state index >= 15 is 0 Å². The molecule has 0 fully saturated rings. The first-order valence-corrected chi connectivity index (χ1v) is 6.25. The number of rotatable bonds is 6. The van der Waals surface area contributed by atoms with Gasteiger partial charge in [-0.2, -0.15) is 0 Å². The minimum atomic E-state index is -0.329. The highest BCUT2D eigenvalue weighted by Gasteiger charge is 2.14. The molecular weight excluding hydrogens is 230 g/mol. The SMILES string of the molecule is COc1ccc(C(C)NC(C)CC(C)O)c(O)c1. The number of ether oxygens (including phenoxy) is 1. The highest BCUT2D eigenvalue weighted by molar-refractivity contribution is 5.41. The molecule has 1 aromatic rings. The third-order valence-electron chi connectivity index (χ3n) is 2.93. The summed E-state index contributed by atoms with van der Waals surface area (Å²) in [5.74, 6) is 0.860. The summed E-state index contributed by atoms with van der Waals surface area (Å²) in [5.41, 5.74) is 0.827. The molecule has 3 atom stereocenters. The highest BCUT2D eigenvalue weighted by Crippen LogP contribution is 2.28. The standard InChI is InChI=1S/C14H23NO3/c1-9(7-10(2)16)15-11(3)13-6-5-12(18-4)8-14(13)17/h5-6,8-11,15-17H,7H2,1-4H3. The number of hydrogen-bond donors (Lipinski definition) is 3. The van der Waals surface area contributed by atoms with Crippen LogP contribution in [0.5, 0.6) is 11.5 Å². The number of nitrogens with one attached hydrogen (secondary N) is 1. The van der Waals surface area contributed by atoms with Gasteiger partial charge in [0.1, 0.15) is 11.5 Å². The van der Waals surface area contributed by atoms with E-state index in [1.807, 2.05) is 26.0 Å². The molecule has 1 rings (SSSR count). The van der Waals surface area contributed by atoms with Crippen molar-refractivity contribution >= 4 is 0 Å². The van der Waals surface area contributed by atoms with Gasteiger partial charge >= 0.3 is 0 Å². The second-order valence-electron chi connectivity index (χ2n) is 4.80. The van der Waals surface area contributed by atoms with Crippen molar-refractivity contribution in [2.75, 3.05) is 7.11 Å². The molecule has 0 radical (unpaired) electrons. The lowest BCUT2D eigenvalue weighted by atomic mass is 10.0. The van der Waals surface area contributed by atoms with Crippen LogP contribution in [0.25, 0.3) is 0 Å². The van der Waals surface area contributed by atoms with Gasteiger partial charge in [-0.3, -0.25) is 0 Å². The van der Waals surface area contributed by atoms with E-state index in [9.17, 15) is 10.2 Å². The molecule has 0 amide bonds. The summed E-state index contributed by atoms with van der Waals surface area (Å²) in [6.45, 7) is 5.78. The van der Waals surface area contributed by atoms with Crippen molar-refractivity contribution in [2.24, 2.45) is 0 Å². The normalized spacial score (nSPS) is 16.1. The van der Waals surface area contributed by atoms with Crippen molar-refractivity contribution in [2.45, 2.75) is 45.4 Å². The van der Waals surface area contributed by atoms with E-state index in [0.29, 0.717) is 12.2 Å². The Morgan fingerprint density at radius 3 is 2.44 bits per heavy atom. The first kappa shape index (κ1) is 14.8. The summed E-state index contributed by atoms with van der Waals surface area (Å²) >= 11 is 0. The molecule has 102 valence electrons. The smallest absolute Gasteiger partial charge is 0.124 e. The molecule has 4 nitrogen and oxygen atoms in total. The maximum atomic E-state index is 9.92. The van der Waals surface area contributed by atoms with E-state index in [1.54, 1.807) is 20.1 Å². The molecule has 0 heterocycles. The highest BCUT2D eigenvalue weighted by atomic mass is 16.5. The van der Waals surface area contributed by atoms with Gasteiger partial charge in [-0.05, 0) is 33.3 Å². The Hall–Kier alpha value is -1.26. The molecule has 1 aromatic carbocycles. The van der Waals surface area contributed by atoms with Crippen LogP contribution in [0.4, 0.5) is 0 Å². The zero-order chi connectivity index (χ0) is 13.7. The van der Waals surface area contributed by atoms with Gasteiger partial charge < -0.3 is 20.3 Å². The van der Waals surface area contributed by atoms with Crippen molar-refractivity contribution < 1.29 is 14.9 Å². The van der Waals surface area contributed by atoms with Crippen molar-refractivity contribution in [3.05, 3.63) is 23.8 Å².